The zero-order chi connectivity index (χ0) is 45.4. The first-order valence-electron chi connectivity index (χ1n) is 19.2. The first-order valence-corrected chi connectivity index (χ1v) is 19.2. The zero-order valence-electron chi connectivity index (χ0n) is 34.5. The van der Waals surface area contributed by atoms with E-state index in [9.17, 15) is 29.4 Å². The van der Waals surface area contributed by atoms with Crippen LogP contribution in [0.2, 0.25) is 0 Å². The number of carbonyl (C=O) groups is 4. The number of aliphatic hydroxyl groups is 3. The van der Waals surface area contributed by atoms with Crippen molar-refractivity contribution in [3.63, 3.8) is 0 Å². The largest absolute Gasteiger partial charge is 0.872 e. The maximum atomic E-state index is 10.7. The number of nitrogens with zero attached hydrogens (tertiary/aromatic N) is 1. The standard InChI is InChI=1S/C9H16O4.C7H6O3.C6H14N4O2.2C6H16N2O.C4H8O/c10-8(11)6-4-2-1-3-5-7-9(12)13;8-6-4-2-1-3-5(6)7(9)10;7-4(5(11)12)2-1-3-10-6(8)9;2*7-6-8-4-2-1-3-5-9;1-4(2)3-5/h1-7H2,(H,10,11)(H,12,13);1-4,8H,(H,9,10);4H,1-3,7H2,(H,11,12)(H4,8,9,10);2*8-9H,1-7H2;3,5H,1-2H3/p-2/t;;4-;;;/m..0.../s1. The Morgan fingerprint density at radius 3 is 1.55 bits per heavy atom. The number of allylic oxidation sites excluding steroid dienone is 1. The third-order valence-electron chi connectivity index (χ3n) is 6.74. The van der Waals surface area contributed by atoms with Gasteiger partial charge in [-0.3, -0.25) is 14.6 Å². The number of aromatic carboxylic acids is 1. The van der Waals surface area contributed by atoms with E-state index in [-0.39, 0.29) is 24.4 Å². The second-order valence-corrected chi connectivity index (χ2v) is 12.4. The van der Waals surface area contributed by atoms with E-state index in [2.05, 4.69) is 15.6 Å². The van der Waals surface area contributed by atoms with Crippen LogP contribution >= 0.6 is 0 Å². The van der Waals surface area contributed by atoms with Crippen LogP contribution in [0.25, 0.3) is 0 Å². The van der Waals surface area contributed by atoms with Crippen molar-refractivity contribution >= 4 is 29.8 Å². The lowest BCUT2D eigenvalue weighted by atomic mass is 10.1. The highest BCUT2D eigenvalue weighted by Crippen LogP contribution is 2.11. The van der Waals surface area contributed by atoms with E-state index < -0.39 is 35.7 Å². The van der Waals surface area contributed by atoms with E-state index in [1.807, 2.05) is 13.8 Å². The van der Waals surface area contributed by atoms with Crippen LogP contribution in [0.15, 0.2) is 41.1 Å². The minimum atomic E-state index is -1.18. The van der Waals surface area contributed by atoms with Crippen molar-refractivity contribution in [3.8, 4) is 5.75 Å². The van der Waals surface area contributed by atoms with E-state index in [0.717, 1.165) is 82.7 Å². The average Bonchev–Trinajstić information content (AvgIpc) is 3.17. The molecular formula is C38H74N8O12-2. The summed E-state index contributed by atoms with van der Waals surface area (Å²) in [5.74, 6) is -4.39. The van der Waals surface area contributed by atoms with E-state index in [1.54, 1.807) is 0 Å². The topological polar surface area (TPSA) is 402 Å². The summed E-state index contributed by atoms with van der Waals surface area (Å²) in [5, 5.41) is 76.5. The molecule has 1 atom stereocenters. The van der Waals surface area contributed by atoms with Crippen LogP contribution in [0.3, 0.4) is 0 Å². The number of carbonyl (C=O) groups excluding carboxylic acids is 1. The Labute approximate surface area is 343 Å². The molecule has 18 N–H and O–H groups in total. The second-order valence-electron chi connectivity index (χ2n) is 12.4. The Balaban J connectivity index is -0.000000197. The number of aliphatic hydroxyl groups excluding tert-OH is 3. The molecule has 1 aromatic carbocycles. The molecule has 0 fully saturated rings. The Hall–Kier alpha value is -4.57. The van der Waals surface area contributed by atoms with Crippen molar-refractivity contribution in [2.75, 3.05) is 46.2 Å². The Bertz CT molecular complexity index is 1130. The highest BCUT2D eigenvalue weighted by Gasteiger charge is 2.09. The van der Waals surface area contributed by atoms with Crippen molar-refractivity contribution in [1.29, 1.82) is 0 Å². The van der Waals surface area contributed by atoms with E-state index in [0.29, 0.717) is 58.8 Å². The number of benzene rings is 1. The number of carboxylic acids is 4. The quantitative estimate of drug-likeness (QED) is 0.0195. The Morgan fingerprint density at radius 2 is 1.21 bits per heavy atom. The lowest BCUT2D eigenvalue weighted by molar-refractivity contribution is -0.305. The Morgan fingerprint density at radius 1 is 0.759 bits per heavy atom. The molecule has 20 heteroatoms. The molecule has 0 radical (unpaired) electrons. The number of unbranched alkanes of at least 4 members (excludes halogenated alkanes) is 8. The van der Waals surface area contributed by atoms with Crippen LogP contribution in [-0.4, -0.2) is 113 Å². The maximum Gasteiger partial charge on any atom is 0.335 e. The summed E-state index contributed by atoms with van der Waals surface area (Å²) in [7, 11) is 0. The highest BCUT2D eigenvalue weighted by molar-refractivity contribution is 5.90. The zero-order valence-corrected chi connectivity index (χ0v) is 34.5. The van der Waals surface area contributed by atoms with Crippen molar-refractivity contribution in [1.82, 2.24) is 10.6 Å². The highest BCUT2D eigenvalue weighted by atomic mass is 16.4. The molecule has 0 saturated heterocycles. The van der Waals surface area contributed by atoms with Gasteiger partial charge in [-0.15, -0.1) is 0 Å². The molecule has 0 aliphatic carbocycles. The number of hydrogen-bond acceptors (Lipinski definition) is 15. The van der Waals surface area contributed by atoms with Gasteiger partial charge in [0, 0.05) is 45.5 Å². The molecule has 0 aromatic heterocycles. The fourth-order valence-electron chi connectivity index (χ4n) is 3.64. The van der Waals surface area contributed by atoms with Crippen molar-refractivity contribution < 1.29 is 60.0 Å². The fraction of sp³-hybridized carbons (Fsp3) is 0.658. The summed E-state index contributed by atoms with van der Waals surface area (Å²) in [4.78, 5) is 44.2. The minimum absolute atomic E-state index is 0.0129. The lowest BCUT2D eigenvalue weighted by Gasteiger charge is -2.07. The number of rotatable bonds is 26. The Kier molecular flexibility index (Phi) is 54.5. The molecule has 0 bridgehead atoms. The van der Waals surface area contributed by atoms with Crippen molar-refractivity contribution in [2.24, 2.45) is 33.7 Å². The molecule has 0 unspecified atom stereocenters. The van der Waals surface area contributed by atoms with Crippen LogP contribution in [0.5, 0.6) is 5.75 Å². The van der Waals surface area contributed by atoms with Crippen LogP contribution in [0.4, 0.5) is 0 Å². The SMILES string of the molecule is CC(C)=CO.NC(N)=NCCC[C@H](N)C(=O)O.NCNCCCCCO.NCNCCCCCO.O=C(O)c1ccccc1[O-].O=C([O-])CCCCCCCC(=O)O. The molecule has 0 amide bonds. The van der Waals surface area contributed by atoms with Crippen LogP contribution in [-0.2, 0) is 14.4 Å². The average molecular weight is 835 g/mol. The molecule has 58 heavy (non-hydrogen) atoms. The first kappa shape index (κ1) is 62.6. The van der Waals surface area contributed by atoms with E-state index in [4.69, 9.17) is 59.3 Å². The lowest BCUT2D eigenvalue weighted by Crippen LogP contribution is -2.30. The van der Waals surface area contributed by atoms with Crippen LogP contribution in [0.1, 0.15) is 121 Å². The molecule has 20 nitrogen and oxygen atoms in total. The number of aliphatic imine (C=N–C) groups is 1. The molecule has 0 saturated carbocycles. The number of hydrogen-bond donors (Lipinski definition) is 13. The number of nitrogens with one attached hydrogen (secondary N) is 2. The van der Waals surface area contributed by atoms with E-state index >= 15 is 0 Å². The summed E-state index contributed by atoms with van der Waals surface area (Å²) in [5.41, 5.74) is 26.4. The molecule has 0 aliphatic heterocycles. The van der Waals surface area contributed by atoms with Gasteiger partial charge >= 0.3 is 17.9 Å². The van der Waals surface area contributed by atoms with Gasteiger partial charge in [-0.1, -0.05) is 43.2 Å². The summed E-state index contributed by atoms with van der Waals surface area (Å²) in [6.45, 7) is 7.75. The third kappa shape index (κ3) is 63.4. The predicted molar refractivity (Wildman–Crippen MR) is 221 cm³/mol. The maximum absolute atomic E-state index is 10.7. The van der Waals surface area contributed by atoms with E-state index in [1.165, 1.54) is 24.3 Å². The van der Waals surface area contributed by atoms with Crippen LogP contribution < -0.4 is 49.5 Å². The normalized spacial score (nSPS) is 9.98. The summed E-state index contributed by atoms with van der Waals surface area (Å²) in [6.07, 6.45) is 12.5. The second kappa shape index (κ2) is 50.4. The molecule has 1 rings (SSSR count). The molecule has 0 heterocycles. The van der Waals surface area contributed by atoms with Gasteiger partial charge in [0.1, 0.15) is 6.04 Å². The van der Waals surface area contributed by atoms with Gasteiger partial charge < -0.3 is 84.9 Å². The summed E-state index contributed by atoms with van der Waals surface area (Å²) < 4.78 is 0. The summed E-state index contributed by atoms with van der Waals surface area (Å²) in [6, 6.07) is 4.72. The molecule has 340 valence electrons. The molecular weight excluding hydrogens is 760 g/mol. The van der Waals surface area contributed by atoms with Gasteiger partial charge in [0.2, 0.25) is 0 Å². The number of para-hydroxylation sites is 1. The smallest absolute Gasteiger partial charge is 0.335 e. The number of carboxylic acid groups (broad SMARTS) is 4. The number of nitrogens with two attached hydrogens (primary N) is 5. The predicted octanol–water partition coefficient (Wildman–Crippen LogP) is 0.240. The number of guanidine groups is 1. The summed E-state index contributed by atoms with van der Waals surface area (Å²) >= 11 is 0. The van der Waals surface area contributed by atoms with Gasteiger partial charge in [-0.25, -0.2) is 4.79 Å². The molecule has 1 aromatic rings. The van der Waals surface area contributed by atoms with Crippen LogP contribution in [0, 0.1) is 0 Å². The van der Waals surface area contributed by atoms with Gasteiger partial charge in [-0.05, 0) is 109 Å². The van der Waals surface area contributed by atoms with Gasteiger partial charge in [0.25, 0.3) is 0 Å². The van der Waals surface area contributed by atoms with Gasteiger partial charge in [-0.2, -0.15) is 0 Å². The molecule has 0 spiro atoms. The fourth-order valence-corrected chi connectivity index (χ4v) is 3.64. The van der Waals surface area contributed by atoms with Gasteiger partial charge in [0.15, 0.2) is 5.96 Å². The van der Waals surface area contributed by atoms with Crippen molar-refractivity contribution in [3.05, 3.63) is 41.7 Å². The number of aliphatic carboxylic acids is 3. The third-order valence-corrected chi connectivity index (χ3v) is 6.74. The molecule has 0 aliphatic rings. The monoisotopic (exact) mass is 835 g/mol. The first-order chi connectivity index (χ1) is 27.5. The minimum Gasteiger partial charge on any atom is -0.872 e. The van der Waals surface area contributed by atoms with Gasteiger partial charge in [0.05, 0.1) is 11.8 Å². The van der Waals surface area contributed by atoms with Crippen molar-refractivity contribution in [2.45, 2.75) is 116 Å².